The molecule has 0 unspecified atom stereocenters. The first kappa shape index (κ1) is 40.3. The van der Waals surface area contributed by atoms with Gasteiger partial charge in [0.05, 0.1) is 12.2 Å². The SMILES string of the molecule is Cc1cc(C)cc(P(c2cc(C)cc(C)c2)[C@H](C)c2ccc[c-]2P(c2ccccc2OC(C)C)c2ccccc2OC(C)C)c1.[Fe+4].c1cc[cH-]c1. The zero-order valence-corrected chi connectivity index (χ0v) is 34.4. The third kappa shape index (κ3) is 10.6. The number of rotatable bonds is 11. The van der Waals surface area contributed by atoms with E-state index in [1.54, 1.807) is 0 Å². The molecule has 264 valence electrons. The summed E-state index contributed by atoms with van der Waals surface area (Å²) in [4.78, 5) is 0. The maximum absolute atomic E-state index is 6.49. The average Bonchev–Trinajstić information content (AvgIpc) is 3.78. The van der Waals surface area contributed by atoms with E-state index in [2.05, 4.69) is 165 Å². The van der Waals surface area contributed by atoms with Gasteiger partial charge in [0.2, 0.25) is 0 Å². The van der Waals surface area contributed by atoms with Crippen LogP contribution in [0, 0.1) is 27.7 Å². The zero-order valence-electron chi connectivity index (χ0n) is 31.5. The van der Waals surface area contributed by atoms with E-state index in [0.717, 1.165) is 11.5 Å². The van der Waals surface area contributed by atoms with Crippen molar-refractivity contribution in [1.29, 1.82) is 0 Å². The van der Waals surface area contributed by atoms with E-state index in [-0.39, 0.29) is 34.9 Å². The van der Waals surface area contributed by atoms with Crippen molar-refractivity contribution in [1.82, 2.24) is 0 Å². The van der Waals surface area contributed by atoms with E-state index >= 15 is 0 Å². The molecule has 6 aromatic carbocycles. The second-order valence-corrected chi connectivity index (χ2v) is 18.3. The van der Waals surface area contributed by atoms with Crippen LogP contribution in [0.25, 0.3) is 0 Å². The number of benzene rings is 4. The molecule has 0 amide bonds. The molecule has 0 aliphatic heterocycles. The average molecular weight is 755 g/mol. The fourth-order valence-electron chi connectivity index (χ4n) is 6.60. The molecule has 0 fully saturated rings. The van der Waals surface area contributed by atoms with E-state index in [1.165, 1.54) is 54.3 Å². The van der Waals surface area contributed by atoms with Gasteiger partial charge >= 0.3 is 17.1 Å². The van der Waals surface area contributed by atoms with E-state index in [1.807, 2.05) is 30.3 Å². The summed E-state index contributed by atoms with van der Waals surface area (Å²) in [6, 6.07) is 48.4. The van der Waals surface area contributed by atoms with Crippen LogP contribution in [0.15, 0.2) is 133 Å². The summed E-state index contributed by atoms with van der Waals surface area (Å²) in [6.07, 6.45) is 0.148. The molecule has 0 spiro atoms. The Morgan fingerprint density at radius 3 is 1.37 bits per heavy atom. The normalized spacial score (nSPS) is 11.7. The van der Waals surface area contributed by atoms with Gasteiger partial charge in [0.25, 0.3) is 0 Å². The predicted molar refractivity (Wildman–Crippen MR) is 221 cm³/mol. The molecule has 0 saturated carbocycles. The first-order chi connectivity index (χ1) is 24.0. The van der Waals surface area contributed by atoms with Crippen LogP contribution in [0.4, 0.5) is 0 Å². The largest absolute Gasteiger partial charge is 4.00 e. The maximum Gasteiger partial charge on any atom is 4.00 e. The first-order valence-electron chi connectivity index (χ1n) is 17.7. The molecular formula is C46H52FeO2P2+2. The topological polar surface area (TPSA) is 18.5 Å². The van der Waals surface area contributed by atoms with Crippen molar-refractivity contribution in [2.75, 3.05) is 0 Å². The Balaban J connectivity index is 0.000000894. The van der Waals surface area contributed by atoms with E-state index < -0.39 is 15.8 Å². The van der Waals surface area contributed by atoms with Crippen LogP contribution in [0.3, 0.4) is 0 Å². The van der Waals surface area contributed by atoms with Crippen molar-refractivity contribution >= 4 is 42.4 Å². The van der Waals surface area contributed by atoms with Crippen molar-refractivity contribution in [3.8, 4) is 11.5 Å². The monoisotopic (exact) mass is 754 g/mol. The van der Waals surface area contributed by atoms with Crippen LogP contribution in [-0.2, 0) is 17.1 Å². The number of aryl methyl sites for hydroxylation is 4. The van der Waals surface area contributed by atoms with Crippen molar-refractivity contribution in [3.05, 3.63) is 161 Å². The van der Waals surface area contributed by atoms with Gasteiger partial charge in [-0.3, -0.25) is 0 Å². The van der Waals surface area contributed by atoms with Crippen molar-refractivity contribution < 1.29 is 26.5 Å². The van der Waals surface area contributed by atoms with Gasteiger partial charge in [-0.15, -0.1) is 5.30 Å². The van der Waals surface area contributed by atoms with Crippen molar-refractivity contribution in [2.45, 2.75) is 80.2 Å². The van der Waals surface area contributed by atoms with E-state index in [4.69, 9.17) is 9.47 Å². The van der Waals surface area contributed by atoms with Gasteiger partial charge < -0.3 is 9.47 Å². The molecule has 6 rings (SSSR count). The molecule has 0 saturated heterocycles. The van der Waals surface area contributed by atoms with Gasteiger partial charge in [-0.1, -0.05) is 110 Å². The Kier molecular flexibility index (Phi) is 14.9. The Labute approximate surface area is 320 Å². The number of hydrogen-bond acceptors (Lipinski definition) is 2. The molecule has 0 aliphatic rings. The van der Waals surface area contributed by atoms with Gasteiger partial charge in [-0.25, -0.2) is 24.3 Å². The third-order valence-corrected chi connectivity index (χ3v) is 13.6. The molecule has 0 aromatic heterocycles. The minimum Gasteiger partial charge on any atom is -0.490 e. The number of ether oxygens (including phenoxy) is 2. The van der Waals surface area contributed by atoms with Crippen LogP contribution in [0.2, 0.25) is 0 Å². The van der Waals surface area contributed by atoms with Crippen LogP contribution in [0.5, 0.6) is 11.5 Å². The fraction of sp³-hybridized carbons (Fsp3) is 0.261. The summed E-state index contributed by atoms with van der Waals surface area (Å²) in [5.74, 6) is 1.90. The molecule has 1 atom stereocenters. The Morgan fingerprint density at radius 2 is 0.980 bits per heavy atom. The molecule has 0 radical (unpaired) electrons. The van der Waals surface area contributed by atoms with Crippen LogP contribution in [0.1, 0.15) is 68.1 Å². The van der Waals surface area contributed by atoms with Gasteiger partial charge in [-0.2, -0.15) is 29.8 Å². The summed E-state index contributed by atoms with van der Waals surface area (Å²) in [5.41, 5.74) is 6.97. The minimum absolute atomic E-state index is 0. The summed E-state index contributed by atoms with van der Waals surface area (Å²) < 4.78 is 13.0. The quantitative estimate of drug-likeness (QED) is 0.0745. The maximum atomic E-state index is 6.49. The van der Waals surface area contributed by atoms with Gasteiger partial charge in [0.1, 0.15) is 11.5 Å². The number of hydrogen-bond donors (Lipinski definition) is 0. The molecular weight excluding hydrogens is 702 g/mol. The molecule has 51 heavy (non-hydrogen) atoms. The van der Waals surface area contributed by atoms with Gasteiger partial charge in [-0.05, 0) is 91.7 Å². The van der Waals surface area contributed by atoms with Crippen molar-refractivity contribution in [3.63, 3.8) is 0 Å². The molecule has 5 heteroatoms. The van der Waals surface area contributed by atoms with E-state index in [9.17, 15) is 0 Å². The summed E-state index contributed by atoms with van der Waals surface area (Å²) in [5, 5.41) is 6.69. The predicted octanol–water partition coefficient (Wildman–Crippen LogP) is 10.6. The molecule has 0 bridgehead atoms. The second-order valence-electron chi connectivity index (χ2n) is 13.7. The minimum atomic E-state index is -0.992. The Morgan fingerprint density at radius 1 is 0.549 bits per heavy atom. The summed E-state index contributed by atoms with van der Waals surface area (Å²) >= 11 is 0. The molecule has 0 heterocycles. The number of para-hydroxylation sites is 2. The zero-order chi connectivity index (χ0) is 35.8. The van der Waals surface area contributed by atoms with Gasteiger partial charge in [0, 0.05) is 10.6 Å². The smallest absolute Gasteiger partial charge is 0.490 e. The van der Waals surface area contributed by atoms with Gasteiger partial charge in [0.15, 0.2) is 0 Å². The summed E-state index contributed by atoms with van der Waals surface area (Å²) in [6.45, 7) is 19.7. The van der Waals surface area contributed by atoms with Crippen LogP contribution in [-0.4, -0.2) is 12.2 Å². The second kappa shape index (κ2) is 18.9. The van der Waals surface area contributed by atoms with E-state index in [0.29, 0.717) is 0 Å². The molecule has 2 nitrogen and oxygen atoms in total. The molecule has 6 aromatic rings. The van der Waals surface area contributed by atoms with Crippen LogP contribution < -0.4 is 36.0 Å². The Hall–Kier alpha value is -3.44. The van der Waals surface area contributed by atoms with Crippen molar-refractivity contribution in [2.24, 2.45) is 0 Å². The standard InChI is InChI=1S/C41H47O2P2.C5H5.Fe/c1-27(2)42-37-16-10-12-18-40(37)45(41-19-13-11-17-38(41)43-28(3)4)39-20-14-15-36(39)33(9)44(34-23-29(5)21-30(6)24-34)35-25-31(7)22-32(8)26-35;1-2-4-5-3-1;/h10-28,33H,1-9H3;1-5H;/q2*-1;+4/t33-;;/m1../s1. The summed E-state index contributed by atoms with van der Waals surface area (Å²) in [7, 11) is -1.69. The fourth-order valence-corrected chi connectivity index (χ4v) is 12.5. The Bertz CT molecular complexity index is 1790. The molecule has 0 N–H and O–H groups in total. The first-order valence-corrected chi connectivity index (χ1v) is 20.5. The van der Waals surface area contributed by atoms with Crippen LogP contribution >= 0.6 is 15.8 Å². The molecule has 0 aliphatic carbocycles. The third-order valence-electron chi connectivity index (χ3n) is 8.37.